The van der Waals surface area contributed by atoms with E-state index in [0.29, 0.717) is 10.9 Å². The maximum Gasteiger partial charge on any atom is 0.285 e. The Morgan fingerprint density at radius 2 is 2.00 bits per heavy atom. The SMILES string of the molecule is CS(=O)(=O)N(CC(=O)N=Nc1c(O)[nH]c2ccc(Br)cc12)c1ccccc1Cl. The van der Waals surface area contributed by atoms with Gasteiger partial charge in [0.1, 0.15) is 6.54 Å². The lowest BCUT2D eigenvalue weighted by Gasteiger charge is -2.21. The van der Waals surface area contributed by atoms with Crippen LogP contribution in [0, 0.1) is 0 Å². The second kappa shape index (κ2) is 7.90. The van der Waals surface area contributed by atoms with Crippen molar-refractivity contribution in [3.05, 3.63) is 52.0 Å². The topological polar surface area (TPSA) is 115 Å². The number of amides is 1. The molecule has 0 saturated heterocycles. The molecular formula is C17H14BrClN4O4S. The fourth-order valence-electron chi connectivity index (χ4n) is 2.53. The van der Waals surface area contributed by atoms with Gasteiger partial charge in [-0.1, -0.05) is 39.7 Å². The second-order valence-electron chi connectivity index (χ2n) is 5.83. The number of carbonyl (C=O) groups excluding carboxylic acids is 1. The Bertz CT molecular complexity index is 1190. The number of benzene rings is 2. The van der Waals surface area contributed by atoms with Crippen molar-refractivity contribution in [3.8, 4) is 5.88 Å². The summed E-state index contributed by atoms with van der Waals surface area (Å²) in [6, 6.07) is 11.5. The minimum Gasteiger partial charge on any atom is -0.493 e. The number of nitrogens with one attached hydrogen (secondary N) is 1. The summed E-state index contributed by atoms with van der Waals surface area (Å²) in [4.78, 5) is 15.0. The number of para-hydroxylation sites is 1. The maximum absolute atomic E-state index is 12.3. The number of H-pyrrole nitrogens is 1. The molecule has 3 rings (SSSR count). The van der Waals surface area contributed by atoms with Crippen molar-refractivity contribution >= 4 is 65.7 Å². The lowest BCUT2D eigenvalue weighted by atomic mass is 10.2. The van der Waals surface area contributed by atoms with E-state index in [1.807, 2.05) is 0 Å². The van der Waals surface area contributed by atoms with Crippen LogP contribution in [0.1, 0.15) is 0 Å². The molecule has 0 radical (unpaired) electrons. The average molecular weight is 486 g/mol. The molecule has 0 atom stereocenters. The Hall–Kier alpha value is -2.43. The fraction of sp³-hybridized carbons (Fsp3) is 0.118. The first kappa shape index (κ1) is 20.3. The molecule has 0 aliphatic carbocycles. The molecule has 0 fully saturated rings. The standard InChI is InChI=1S/C17H14BrClN4O4S/c1-28(26,27)23(14-5-3-2-4-12(14)19)9-15(24)21-22-16-11-8-10(18)6-7-13(11)20-17(16)25/h2-8,20,25H,9H2,1H3. The smallest absolute Gasteiger partial charge is 0.285 e. The molecule has 1 amide bonds. The Morgan fingerprint density at radius 3 is 2.68 bits per heavy atom. The molecule has 0 aliphatic heterocycles. The first-order valence-electron chi connectivity index (χ1n) is 7.84. The summed E-state index contributed by atoms with van der Waals surface area (Å²) >= 11 is 9.38. The summed E-state index contributed by atoms with van der Waals surface area (Å²) in [6.45, 7) is -0.584. The zero-order valence-corrected chi connectivity index (χ0v) is 17.6. The van der Waals surface area contributed by atoms with E-state index in [2.05, 4.69) is 31.1 Å². The molecular weight excluding hydrogens is 472 g/mol. The second-order valence-corrected chi connectivity index (χ2v) is 9.06. The van der Waals surface area contributed by atoms with Gasteiger partial charge in [-0.25, -0.2) is 8.42 Å². The zero-order valence-electron chi connectivity index (χ0n) is 14.4. The third-order valence-corrected chi connectivity index (χ3v) is 5.72. The van der Waals surface area contributed by atoms with Crippen molar-refractivity contribution < 1.29 is 18.3 Å². The molecule has 0 aliphatic rings. The Morgan fingerprint density at radius 1 is 1.29 bits per heavy atom. The number of nitrogens with zero attached hydrogens (tertiary/aromatic N) is 3. The lowest BCUT2D eigenvalue weighted by molar-refractivity contribution is -0.116. The Labute approximate surface area is 174 Å². The number of hydrogen-bond donors (Lipinski definition) is 2. The van der Waals surface area contributed by atoms with Gasteiger partial charge < -0.3 is 10.1 Å². The summed E-state index contributed by atoms with van der Waals surface area (Å²) in [7, 11) is -3.79. The largest absolute Gasteiger partial charge is 0.493 e. The molecule has 2 aromatic carbocycles. The van der Waals surface area contributed by atoms with Gasteiger partial charge in [0.2, 0.25) is 15.9 Å². The van der Waals surface area contributed by atoms with Gasteiger partial charge in [-0.2, -0.15) is 0 Å². The van der Waals surface area contributed by atoms with Crippen LogP contribution >= 0.6 is 27.5 Å². The molecule has 8 nitrogen and oxygen atoms in total. The monoisotopic (exact) mass is 484 g/mol. The van der Waals surface area contributed by atoms with Gasteiger partial charge >= 0.3 is 0 Å². The van der Waals surface area contributed by atoms with Gasteiger partial charge in [0.05, 0.1) is 22.5 Å². The van der Waals surface area contributed by atoms with E-state index in [-0.39, 0.29) is 22.3 Å². The van der Waals surface area contributed by atoms with E-state index in [9.17, 15) is 18.3 Å². The van der Waals surface area contributed by atoms with Gasteiger partial charge in [-0.15, -0.1) is 10.2 Å². The molecule has 28 heavy (non-hydrogen) atoms. The number of sulfonamides is 1. The Balaban J connectivity index is 1.89. The maximum atomic E-state index is 12.3. The van der Waals surface area contributed by atoms with E-state index >= 15 is 0 Å². The van der Waals surface area contributed by atoms with Crippen molar-refractivity contribution in [1.82, 2.24) is 4.98 Å². The summed E-state index contributed by atoms with van der Waals surface area (Å²) in [5.74, 6) is -1.08. The molecule has 1 heterocycles. The number of hydrogen-bond acceptors (Lipinski definition) is 5. The number of halogens is 2. The number of carbonyl (C=O) groups is 1. The Kier molecular flexibility index (Phi) is 5.73. The summed E-state index contributed by atoms with van der Waals surface area (Å²) in [5.41, 5.74) is 0.846. The number of fused-ring (bicyclic) bond motifs is 1. The van der Waals surface area contributed by atoms with Crippen LogP contribution in [0.5, 0.6) is 5.88 Å². The van der Waals surface area contributed by atoms with E-state index in [4.69, 9.17) is 11.6 Å². The molecule has 0 unspecified atom stereocenters. The molecule has 1 aromatic heterocycles. The van der Waals surface area contributed by atoms with Crippen molar-refractivity contribution in [2.75, 3.05) is 17.1 Å². The molecule has 0 spiro atoms. The van der Waals surface area contributed by atoms with Gasteiger partial charge in [0.15, 0.2) is 5.69 Å². The summed E-state index contributed by atoms with van der Waals surface area (Å²) in [5, 5.41) is 18.1. The van der Waals surface area contributed by atoms with Crippen LogP contribution in [0.15, 0.2) is 57.2 Å². The molecule has 0 saturated carbocycles. The highest BCUT2D eigenvalue weighted by Gasteiger charge is 2.23. The van der Waals surface area contributed by atoms with E-state index in [1.165, 1.54) is 12.1 Å². The molecule has 2 N–H and O–H groups in total. The van der Waals surface area contributed by atoms with Crippen LogP contribution in [0.25, 0.3) is 10.9 Å². The predicted molar refractivity (Wildman–Crippen MR) is 111 cm³/mol. The van der Waals surface area contributed by atoms with Gasteiger partial charge in [-0.05, 0) is 30.3 Å². The highest BCUT2D eigenvalue weighted by Crippen LogP contribution is 2.37. The van der Waals surface area contributed by atoms with Crippen molar-refractivity contribution in [2.24, 2.45) is 10.2 Å². The van der Waals surface area contributed by atoms with Crippen molar-refractivity contribution in [3.63, 3.8) is 0 Å². The van der Waals surface area contributed by atoms with Crippen LogP contribution in [0.2, 0.25) is 5.02 Å². The molecule has 0 bridgehead atoms. The van der Waals surface area contributed by atoms with E-state index < -0.39 is 22.5 Å². The molecule has 146 valence electrons. The normalized spacial score (nSPS) is 12.0. The number of azo groups is 1. The quantitative estimate of drug-likeness (QED) is 0.522. The van der Waals surface area contributed by atoms with Crippen LogP contribution in [-0.4, -0.2) is 37.2 Å². The summed E-state index contributed by atoms with van der Waals surface area (Å²) < 4.78 is 25.8. The van der Waals surface area contributed by atoms with Gasteiger partial charge in [0.25, 0.3) is 5.91 Å². The highest BCUT2D eigenvalue weighted by molar-refractivity contribution is 9.10. The molecule has 11 heteroatoms. The third-order valence-electron chi connectivity index (χ3n) is 3.78. The van der Waals surface area contributed by atoms with Gasteiger partial charge in [-0.3, -0.25) is 9.10 Å². The van der Waals surface area contributed by atoms with E-state index in [0.717, 1.165) is 15.0 Å². The average Bonchev–Trinajstić information content (AvgIpc) is 2.92. The first-order chi connectivity index (χ1) is 13.2. The van der Waals surface area contributed by atoms with Crippen LogP contribution in [0.4, 0.5) is 11.4 Å². The predicted octanol–water partition coefficient (Wildman–Crippen LogP) is 4.37. The van der Waals surface area contributed by atoms with Crippen molar-refractivity contribution in [1.29, 1.82) is 0 Å². The molecule has 3 aromatic rings. The number of aromatic hydroxyl groups is 1. The van der Waals surface area contributed by atoms with E-state index in [1.54, 1.807) is 30.3 Å². The first-order valence-corrected chi connectivity index (χ1v) is 10.9. The van der Waals surface area contributed by atoms with Crippen molar-refractivity contribution in [2.45, 2.75) is 0 Å². The third kappa shape index (κ3) is 4.34. The lowest BCUT2D eigenvalue weighted by Crippen LogP contribution is -2.34. The minimum absolute atomic E-state index is 0.0771. The number of rotatable bonds is 5. The minimum atomic E-state index is -3.79. The van der Waals surface area contributed by atoms with Crippen LogP contribution in [0.3, 0.4) is 0 Å². The van der Waals surface area contributed by atoms with Gasteiger partial charge in [0, 0.05) is 9.86 Å². The zero-order chi connectivity index (χ0) is 20.5. The number of anilines is 1. The highest BCUT2D eigenvalue weighted by atomic mass is 79.9. The fourth-order valence-corrected chi connectivity index (χ4v) is 4.04. The number of aromatic nitrogens is 1. The summed E-state index contributed by atoms with van der Waals surface area (Å²) in [6.07, 6.45) is 0.962. The van der Waals surface area contributed by atoms with Crippen LogP contribution in [-0.2, 0) is 14.8 Å². The number of aromatic amines is 1. The van der Waals surface area contributed by atoms with Crippen LogP contribution < -0.4 is 4.31 Å².